The minimum absolute atomic E-state index is 0.198. The lowest BCUT2D eigenvalue weighted by atomic mass is 10.1. The topological polar surface area (TPSA) is 51.4 Å². The molecule has 0 spiro atoms. The van der Waals surface area contributed by atoms with Gasteiger partial charge in [0, 0.05) is 37.1 Å². The molecule has 1 unspecified atom stereocenters. The zero-order valence-electron chi connectivity index (χ0n) is 17.1. The second-order valence-electron chi connectivity index (χ2n) is 7.92. The van der Waals surface area contributed by atoms with Crippen LogP contribution in [0.2, 0.25) is 0 Å². The van der Waals surface area contributed by atoms with Crippen LogP contribution >= 0.6 is 0 Å². The van der Waals surface area contributed by atoms with Gasteiger partial charge < -0.3 is 20.1 Å². The maximum absolute atomic E-state index is 14.8. The summed E-state index contributed by atoms with van der Waals surface area (Å²) in [6.07, 6.45) is 0. The van der Waals surface area contributed by atoms with Crippen molar-refractivity contribution in [3.8, 4) is 0 Å². The molecule has 5 nitrogen and oxygen atoms in total. The van der Waals surface area contributed by atoms with Gasteiger partial charge in [-0.3, -0.25) is 4.79 Å². The van der Waals surface area contributed by atoms with Crippen molar-refractivity contribution < 1.29 is 9.18 Å². The predicted molar refractivity (Wildman–Crippen MR) is 115 cm³/mol. The van der Waals surface area contributed by atoms with Crippen molar-refractivity contribution in [1.82, 2.24) is 15.2 Å². The van der Waals surface area contributed by atoms with E-state index in [1.807, 2.05) is 50.2 Å². The number of nitrogens with one attached hydrogen (secondary N) is 2. The van der Waals surface area contributed by atoms with Gasteiger partial charge in [-0.2, -0.15) is 0 Å². The first-order valence-electron chi connectivity index (χ1n) is 10.0. The van der Waals surface area contributed by atoms with E-state index in [0.29, 0.717) is 11.4 Å². The number of carbonyl (C=O) groups is 1. The second-order valence-corrected chi connectivity index (χ2v) is 7.92. The molecule has 152 valence electrons. The number of H-pyrrole nitrogens is 1. The van der Waals surface area contributed by atoms with Crippen molar-refractivity contribution >= 4 is 22.5 Å². The van der Waals surface area contributed by atoms with Gasteiger partial charge in [0.25, 0.3) is 5.91 Å². The standard InChI is InChI=1S/C23H27FN4O/c1-15-5-4-6-18-14-20(26-22(15)18)23(29)25-16(2)17-7-8-21(19(24)13-17)28-11-9-27(3)10-12-28/h4-8,13-14,16,26H,9-12H2,1-3H3,(H,25,29). The Morgan fingerprint density at radius 2 is 1.90 bits per heavy atom. The SMILES string of the molecule is Cc1cccc2cc(C(=O)NC(C)c3ccc(N4CCN(C)CC4)c(F)c3)[nH]c12. The van der Waals surface area contributed by atoms with Crippen LogP contribution in [0.25, 0.3) is 10.9 Å². The van der Waals surface area contributed by atoms with Gasteiger partial charge in [0.15, 0.2) is 0 Å². The lowest BCUT2D eigenvalue weighted by Crippen LogP contribution is -2.44. The van der Waals surface area contributed by atoms with Crippen molar-refractivity contribution in [2.24, 2.45) is 0 Å². The van der Waals surface area contributed by atoms with Gasteiger partial charge in [0.1, 0.15) is 11.5 Å². The van der Waals surface area contributed by atoms with Crippen molar-refractivity contribution in [2.75, 3.05) is 38.1 Å². The monoisotopic (exact) mass is 394 g/mol. The molecule has 0 bridgehead atoms. The van der Waals surface area contributed by atoms with Crippen LogP contribution in [-0.2, 0) is 0 Å². The van der Waals surface area contributed by atoms with E-state index in [1.165, 1.54) is 6.07 Å². The van der Waals surface area contributed by atoms with Crippen LogP contribution < -0.4 is 10.2 Å². The molecule has 1 aliphatic heterocycles. The summed E-state index contributed by atoms with van der Waals surface area (Å²) in [5.41, 5.74) is 3.95. The molecule has 4 rings (SSSR count). The first kappa shape index (κ1) is 19.5. The van der Waals surface area contributed by atoms with Crippen LogP contribution in [0.5, 0.6) is 0 Å². The van der Waals surface area contributed by atoms with Gasteiger partial charge in [-0.25, -0.2) is 4.39 Å². The van der Waals surface area contributed by atoms with Crippen LogP contribution in [0.3, 0.4) is 0 Å². The molecule has 1 amide bonds. The Morgan fingerprint density at radius 3 is 2.59 bits per heavy atom. The Labute approximate surface area is 170 Å². The van der Waals surface area contributed by atoms with Gasteiger partial charge in [-0.05, 0) is 50.2 Å². The summed E-state index contributed by atoms with van der Waals surface area (Å²) in [5.74, 6) is -0.439. The van der Waals surface area contributed by atoms with E-state index in [1.54, 1.807) is 0 Å². The van der Waals surface area contributed by atoms with E-state index in [4.69, 9.17) is 0 Å². The van der Waals surface area contributed by atoms with Crippen molar-refractivity contribution in [2.45, 2.75) is 19.9 Å². The highest BCUT2D eigenvalue weighted by Gasteiger charge is 2.19. The molecule has 1 saturated heterocycles. The molecule has 6 heteroatoms. The fraction of sp³-hybridized carbons (Fsp3) is 0.348. The van der Waals surface area contributed by atoms with E-state index in [-0.39, 0.29) is 17.8 Å². The lowest BCUT2D eigenvalue weighted by Gasteiger charge is -2.34. The first-order chi connectivity index (χ1) is 13.9. The number of aryl methyl sites for hydroxylation is 1. The predicted octanol–water partition coefficient (Wildman–Crippen LogP) is 3.86. The number of nitrogens with zero attached hydrogens (tertiary/aromatic N) is 2. The fourth-order valence-electron chi connectivity index (χ4n) is 3.88. The van der Waals surface area contributed by atoms with Gasteiger partial charge in [0.05, 0.1) is 11.7 Å². The minimum atomic E-state index is -0.300. The molecule has 1 atom stereocenters. The average Bonchev–Trinajstić information content (AvgIpc) is 3.15. The number of piperazine rings is 1. The van der Waals surface area contributed by atoms with Crippen molar-refractivity contribution in [1.29, 1.82) is 0 Å². The van der Waals surface area contributed by atoms with Gasteiger partial charge in [-0.1, -0.05) is 24.3 Å². The number of anilines is 1. The van der Waals surface area contributed by atoms with Gasteiger partial charge in [0.2, 0.25) is 0 Å². The largest absolute Gasteiger partial charge is 0.367 e. The number of para-hydroxylation sites is 1. The van der Waals surface area contributed by atoms with E-state index in [9.17, 15) is 9.18 Å². The average molecular weight is 394 g/mol. The molecule has 29 heavy (non-hydrogen) atoms. The Hall–Kier alpha value is -2.86. The molecule has 2 aromatic carbocycles. The highest BCUT2D eigenvalue weighted by atomic mass is 19.1. The van der Waals surface area contributed by atoms with E-state index < -0.39 is 0 Å². The number of amides is 1. The minimum Gasteiger partial charge on any atom is -0.367 e. The molecule has 0 radical (unpaired) electrons. The Balaban J connectivity index is 1.47. The van der Waals surface area contributed by atoms with Gasteiger partial charge >= 0.3 is 0 Å². The quantitative estimate of drug-likeness (QED) is 0.707. The number of fused-ring (bicyclic) bond motifs is 1. The Kier molecular flexibility index (Phi) is 5.28. The summed E-state index contributed by atoms with van der Waals surface area (Å²) in [4.78, 5) is 20.2. The molecule has 1 aliphatic rings. The first-order valence-corrected chi connectivity index (χ1v) is 10.0. The molecule has 1 aromatic heterocycles. The molecule has 3 aromatic rings. The molecule has 0 saturated carbocycles. The number of aromatic nitrogens is 1. The maximum atomic E-state index is 14.8. The summed E-state index contributed by atoms with van der Waals surface area (Å²) in [6, 6.07) is 12.8. The zero-order chi connectivity index (χ0) is 20.5. The second kappa shape index (κ2) is 7.87. The third-order valence-electron chi connectivity index (χ3n) is 5.77. The third-order valence-corrected chi connectivity index (χ3v) is 5.77. The highest BCUT2D eigenvalue weighted by Crippen LogP contribution is 2.25. The number of likely N-dealkylation sites (N-methyl/N-ethyl adjacent to an activating group) is 1. The van der Waals surface area contributed by atoms with Crippen molar-refractivity contribution in [3.05, 3.63) is 65.1 Å². The fourth-order valence-corrected chi connectivity index (χ4v) is 3.88. The lowest BCUT2D eigenvalue weighted by molar-refractivity contribution is 0.0935. The maximum Gasteiger partial charge on any atom is 0.268 e. The number of halogens is 1. The summed E-state index contributed by atoms with van der Waals surface area (Å²) in [5, 5.41) is 3.97. The smallest absolute Gasteiger partial charge is 0.268 e. The normalized spacial score (nSPS) is 16.2. The number of hydrogen-bond donors (Lipinski definition) is 2. The Morgan fingerprint density at radius 1 is 1.14 bits per heavy atom. The Bertz CT molecular complexity index is 1040. The van der Waals surface area contributed by atoms with Crippen molar-refractivity contribution in [3.63, 3.8) is 0 Å². The molecule has 0 aliphatic carbocycles. The summed E-state index contributed by atoms with van der Waals surface area (Å²) >= 11 is 0. The number of hydrogen-bond acceptors (Lipinski definition) is 3. The number of aromatic amines is 1. The van der Waals surface area contributed by atoms with Crippen LogP contribution in [-0.4, -0.2) is 49.0 Å². The molecule has 2 N–H and O–H groups in total. The van der Waals surface area contributed by atoms with E-state index >= 15 is 0 Å². The number of benzene rings is 2. The molecular formula is C23H27FN4O. The highest BCUT2D eigenvalue weighted by molar-refractivity contribution is 5.98. The van der Waals surface area contributed by atoms with Crippen LogP contribution in [0, 0.1) is 12.7 Å². The molecule has 1 fully saturated rings. The summed E-state index contributed by atoms with van der Waals surface area (Å²) in [6.45, 7) is 7.37. The number of rotatable bonds is 4. The van der Waals surface area contributed by atoms with E-state index in [0.717, 1.165) is 48.2 Å². The molecular weight excluding hydrogens is 367 g/mol. The summed E-state index contributed by atoms with van der Waals surface area (Å²) in [7, 11) is 2.08. The number of carbonyl (C=O) groups excluding carboxylic acids is 1. The van der Waals surface area contributed by atoms with Crippen LogP contribution in [0.15, 0.2) is 42.5 Å². The zero-order valence-corrected chi connectivity index (χ0v) is 17.1. The third kappa shape index (κ3) is 3.98. The van der Waals surface area contributed by atoms with E-state index in [2.05, 4.69) is 27.1 Å². The van der Waals surface area contributed by atoms with Crippen LogP contribution in [0.4, 0.5) is 10.1 Å². The summed E-state index contributed by atoms with van der Waals surface area (Å²) < 4.78 is 14.8. The van der Waals surface area contributed by atoms with Crippen LogP contribution in [0.1, 0.15) is 34.6 Å². The molecule has 2 heterocycles. The van der Waals surface area contributed by atoms with Gasteiger partial charge in [-0.15, -0.1) is 0 Å².